The summed E-state index contributed by atoms with van der Waals surface area (Å²) in [7, 11) is 1.79. The van der Waals surface area contributed by atoms with E-state index in [4.69, 9.17) is 0 Å². The Kier molecular flexibility index (Phi) is 6.99. The first-order valence-electron chi connectivity index (χ1n) is 7.23. The topological polar surface area (TPSA) is 23.1 Å². The third-order valence-corrected chi connectivity index (χ3v) is 3.34. The molecular formula is C16H27NO. The molecule has 0 saturated carbocycles. The van der Waals surface area contributed by atoms with E-state index in [0.717, 1.165) is 18.5 Å². The summed E-state index contributed by atoms with van der Waals surface area (Å²) in [5, 5.41) is 12.3. The molecule has 102 valence electrons. The van der Waals surface area contributed by atoms with Crippen LogP contribution in [0.15, 0.2) is 30.3 Å². The van der Waals surface area contributed by atoms with Gasteiger partial charge in [-0.05, 0) is 12.8 Å². The van der Waals surface area contributed by atoms with Gasteiger partial charge in [-0.15, -0.1) is 0 Å². The first-order chi connectivity index (χ1) is 8.64. The van der Waals surface area contributed by atoms with Gasteiger partial charge in [0.05, 0.1) is 13.6 Å². The maximum absolute atomic E-state index is 12.3. The van der Waals surface area contributed by atoms with Crippen LogP contribution in [0.4, 0.5) is 0 Å². The maximum Gasteiger partial charge on any atom is 0.104 e. The van der Waals surface area contributed by atoms with Crippen molar-refractivity contribution in [3.8, 4) is 0 Å². The van der Waals surface area contributed by atoms with Crippen molar-refractivity contribution in [2.45, 2.75) is 52.0 Å². The molecule has 1 aromatic rings. The number of hydrogen-bond donors (Lipinski definition) is 0. The molecule has 1 atom stereocenters. The van der Waals surface area contributed by atoms with Gasteiger partial charge in [-0.2, -0.15) is 0 Å². The second-order valence-electron chi connectivity index (χ2n) is 5.43. The van der Waals surface area contributed by atoms with Gasteiger partial charge >= 0.3 is 0 Å². The third kappa shape index (κ3) is 6.77. The fraction of sp³-hybridized carbons (Fsp3) is 0.625. The minimum atomic E-state index is -0.141. The number of hydrogen-bond acceptors (Lipinski definition) is 1. The summed E-state index contributed by atoms with van der Waals surface area (Å²) in [5.74, 6) is 0. The van der Waals surface area contributed by atoms with Gasteiger partial charge in [-0.1, -0.05) is 62.9 Å². The highest BCUT2D eigenvalue weighted by Crippen LogP contribution is 2.13. The normalized spacial score (nSPS) is 14.4. The molecule has 0 bridgehead atoms. The van der Waals surface area contributed by atoms with Gasteiger partial charge < -0.3 is 9.85 Å². The molecule has 18 heavy (non-hydrogen) atoms. The molecule has 0 amide bonds. The molecule has 0 aromatic heterocycles. The summed E-state index contributed by atoms with van der Waals surface area (Å²) in [6, 6.07) is 10.1. The Morgan fingerprint density at radius 2 is 1.56 bits per heavy atom. The Morgan fingerprint density at radius 1 is 0.944 bits per heavy atom. The number of rotatable bonds is 9. The Morgan fingerprint density at radius 3 is 2.22 bits per heavy atom. The molecule has 1 unspecified atom stereocenters. The summed E-state index contributed by atoms with van der Waals surface area (Å²) >= 11 is 0. The zero-order valence-corrected chi connectivity index (χ0v) is 11.9. The van der Waals surface area contributed by atoms with Crippen molar-refractivity contribution in [1.82, 2.24) is 0 Å². The van der Waals surface area contributed by atoms with Crippen LogP contribution in [-0.2, 0) is 6.54 Å². The van der Waals surface area contributed by atoms with Crippen LogP contribution in [0.3, 0.4) is 0 Å². The van der Waals surface area contributed by atoms with E-state index >= 15 is 0 Å². The monoisotopic (exact) mass is 249 g/mol. The third-order valence-electron chi connectivity index (χ3n) is 3.34. The zero-order valence-electron chi connectivity index (χ0n) is 11.9. The molecule has 0 N–H and O–H groups in total. The standard InChI is InChI=1S/C16H27NO/c1-3-4-5-6-7-11-14-17(2,18)15-16-12-9-8-10-13-16/h8-10,12-13H,3-7,11,14-15H2,1-2H3. The molecule has 2 nitrogen and oxygen atoms in total. The van der Waals surface area contributed by atoms with E-state index in [0.29, 0.717) is 6.54 Å². The quantitative estimate of drug-likeness (QED) is 0.359. The molecule has 0 heterocycles. The zero-order chi connectivity index (χ0) is 13.3. The van der Waals surface area contributed by atoms with Crippen molar-refractivity contribution in [2.24, 2.45) is 0 Å². The average molecular weight is 249 g/mol. The second-order valence-corrected chi connectivity index (χ2v) is 5.43. The van der Waals surface area contributed by atoms with E-state index in [1.165, 1.54) is 32.1 Å². The first-order valence-corrected chi connectivity index (χ1v) is 7.23. The van der Waals surface area contributed by atoms with E-state index < -0.39 is 0 Å². The largest absolute Gasteiger partial charge is 0.633 e. The van der Waals surface area contributed by atoms with Gasteiger partial charge in [0.2, 0.25) is 0 Å². The smallest absolute Gasteiger partial charge is 0.104 e. The van der Waals surface area contributed by atoms with Gasteiger partial charge in [0, 0.05) is 5.56 Å². The number of quaternary nitrogens is 1. The van der Waals surface area contributed by atoms with Crippen molar-refractivity contribution < 1.29 is 4.65 Å². The second kappa shape index (κ2) is 8.28. The highest BCUT2D eigenvalue weighted by molar-refractivity contribution is 5.13. The number of nitrogens with zero attached hydrogens (tertiary/aromatic N) is 1. The first kappa shape index (κ1) is 15.2. The molecule has 0 aliphatic carbocycles. The molecule has 0 aliphatic heterocycles. The summed E-state index contributed by atoms with van der Waals surface area (Å²) in [6.45, 7) is 3.56. The van der Waals surface area contributed by atoms with Gasteiger partial charge in [-0.3, -0.25) is 0 Å². The lowest BCUT2D eigenvalue weighted by Crippen LogP contribution is -2.37. The predicted octanol–water partition coefficient (Wildman–Crippen LogP) is 4.49. The van der Waals surface area contributed by atoms with E-state index in [-0.39, 0.29) is 4.65 Å². The molecule has 2 heteroatoms. The van der Waals surface area contributed by atoms with Crippen LogP contribution < -0.4 is 0 Å². The Bertz CT molecular complexity index is 308. The Labute approximate surface area is 112 Å². The molecule has 1 rings (SSSR count). The lowest BCUT2D eigenvalue weighted by Gasteiger charge is -2.38. The van der Waals surface area contributed by atoms with Crippen LogP contribution in [-0.4, -0.2) is 18.2 Å². The Balaban J connectivity index is 2.19. The van der Waals surface area contributed by atoms with Crippen LogP contribution in [0.1, 0.15) is 51.0 Å². The highest BCUT2D eigenvalue weighted by atomic mass is 16.5. The number of hydroxylamine groups is 3. The fourth-order valence-electron chi connectivity index (χ4n) is 2.28. The van der Waals surface area contributed by atoms with E-state index in [1.807, 2.05) is 30.3 Å². The van der Waals surface area contributed by atoms with Gasteiger partial charge in [-0.25, -0.2) is 0 Å². The maximum atomic E-state index is 12.3. The molecule has 0 radical (unpaired) electrons. The van der Waals surface area contributed by atoms with Crippen molar-refractivity contribution >= 4 is 0 Å². The minimum Gasteiger partial charge on any atom is -0.633 e. The van der Waals surface area contributed by atoms with Crippen LogP contribution in [0, 0.1) is 5.21 Å². The summed E-state index contributed by atoms with van der Waals surface area (Å²) in [4.78, 5) is 0. The van der Waals surface area contributed by atoms with Crippen molar-refractivity contribution in [1.29, 1.82) is 0 Å². The summed E-state index contributed by atoms with van der Waals surface area (Å²) < 4.78 is -0.141. The van der Waals surface area contributed by atoms with Crippen LogP contribution in [0.5, 0.6) is 0 Å². The Hall–Kier alpha value is -0.860. The van der Waals surface area contributed by atoms with Gasteiger partial charge in [0.25, 0.3) is 0 Å². The number of benzene rings is 1. The van der Waals surface area contributed by atoms with Gasteiger partial charge in [0.15, 0.2) is 0 Å². The van der Waals surface area contributed by atoms with E-state index in [2.05, 4.69) is 6.92 Å². The molecule has 1 aromatic carbocycles. The van der Waals surface area contributed by atoms with Crippen molar-refractivity contribution in [2.75, 3.05) is 13.6 Å². The lowest BCUT2D eigenvalue weighted by atomic mass is 10.1. The SMILES string of the molecule is CCCCCCCC[N+](C)([O-])Cc1ccccc1. The van der Waals surface area contributed by atoms with Gasteiger partial charge in [0.1, 0.15) is 6.54 Å². The molecule has 0 spiro atoms. The lowest BCUT2D eigenvalue weighted by molar-refractivity contribution is -0.874. The average Bonchev–Trinajstić information content (AvgIpc) is 2.34. The minimum absolute atomic E-state index is 0.141. The molecular weight excluding hydrogens is 222 g/mol. The molecule has 0 saturated heterocycles. The van der Waals surface area contributed by atoms with Crippen LogP contribution >= 0.6 is 0 Å². The molecule has 0 aliphatic rings. The molecule has 0 fully saturated rings. The van der Waals surface area contributed by atoms with Crippen LogP contribution in [0.25, 0.3) is 0 Å². The van der Waals surface area contributed by atoms with Crippen molar-refractivity contribution in [3.05, 3.63) is 41.1 Å². The fourth-order valence-corrected chi connectivity index (χ4v) is 2.28. The summed E-state index contributed by atoms with van der Waals surface area (Å²) in [6.07, 6.45) is 7.45. The predicted molar refractivity (Wildman–Crippen MR) is 77.9 cm³/mol. The number of unbranched alkanes of at least 4 members (excludes halogenated alkanes) is 5. The van der Waals surface area contributed by atoms with Crippen LogP contribution in [0.2, 0.25) is 0 Å². The summed E-state index contributed by atoms with van der Waals surface area (Å²) in [5.41, 5.74) is 1.14. The van der Waals surface area contributed by atoms with Crippen molar-refractivity contribution in [3.63, 3.8) is 0 Å². The van der Waals surface area contributed by atoms with E-state index in [9.17, 15) is 5.21 Å². The highest BCUT2D eigenvalue weighted by Gasteiger charge is 2.10. The van der Waals surface area contributed by atoms with E-state index in [1.54, 1.807) is 7.05 Å².